The van der Waals surface area contributed by atoms with E-state index in [-0.39, 0.29) is 11.9 Å². The van der Waals surface area contributed by atoms with Crippen molar-refractivity contribution in [3.8, 4) is 0 Å². The molecule has 1 aliphatic rings. The third-order valence-electron chi connectivity index (χ3n) is 4.35. The molecule has 0 bridgehead atoms. The van der Waals surface area contributed by atoms with Gasteiger partial charge in [-0.25, -0.2) is 4.98 Å². The Balaban J connectivity index is 1.59. The molecule has 0 saturated carbocycles. The summed E-state index contributed by atoms with van der Waals surface area (Å²) >= 11 is 0. The van der Waals surface area contributed by atoms with Gasteiger partial charge in [-0.2, -0.15) is 0 Å². The van der Waals surface area contributed by atoms with Gasteiger partial charge in [-0.3, -0.25) is 4.79 Å². The zero-order chi connectivity index (χ0) is 16.9. The maximum atomic E-state index is 11.2. The van der Waals surface area contributed by atoms with Crippen LogP contribution < -0.4 is 15.5 Å². The van der Waals surface area contributed by atoms with Crippen molar-refractivity contribution in [2.75, 3.05) is 23.3 Å². The number of nitrogens with one attached hydrogen (secondary N) is 2. The number of anilines is 2. The third-order valence-corrected chi connectivity index (χ3v) is 4.35. The van der Waals surface area contributed by atoms with Gasteiger partial charge in [0.15, 0.2) is 0 Å². The summed E-state index contributed by atoms with van der Waals surface area (Å²) in [6.45, 7) is 5.68. The predicted octanol–water partition coefficient (Wildman–Crippen LogP) is 2.97. The summed E-state index contributed by atoms with van der Waals surface area (Å²) in [7, 11) is 0. The Labute approximate surface area is 143 Å². The lowest BCUT2D eigenvalue weighted by Crippen LogP contribution is -2.34. The van der Waals surface area contributed by atoms with Crippen molar-refractivity contribution in [3.63, 3.8) is 0 Å². The van der Waals surface area contributed by atoms with Gasteiger partial charge in [0, 0.05) is 44.0 Å². The van der Waals surface area contributed by atoms with E-state index in [4.69, 9.17) is 0 Å². The minimum absolute atomic E-state index is 0.0467. The Morgan fingerprint density at radius 1 is 1.29 bits per heavy atom. The average molecular weight is 324 g/mol. The first-order valence-electron chi connectivity index (χ1n) is 8.41. The molecule has 2 aromatic rings. The maximum absolute atomic E-state index is 11.2. The highest BCUT2D eigenvalue weighted by Gasteiger charge is 2.24. The smallest absolute Gasteiger partial charge is 0.221 e. The standard InChI is InChI=1S/C19H24N4O/c1-14(16-6-5-7-17(12-16)22-15(2)24)21-18-9-11-23(13-18)19-8-3-4-10-20-19/h3-8,10,12,14,18,21H,9,11,13H2,1-2H3,(H,22,24)/t14-,18+/m0/s1. The number of amides is 1. The second-order valence-electron chi connectivity index (χ2n) is 6.31. The van der Waals surface area contributed by atoms with Crippen LogP contribution in [0.15, 0.2) is 48.7 Å². The Bertz CT molecular complexity index is 689. The number of carbonyl (C=O) groups excluding carboxylic acids is 1. The molecule has 24 heavy (non-hydrogen) atoms. The summed E-state index contributed by atoms with van der Waals surface area (Å²) in [6.07, 6.45) is 2.94. The molecule has 1 amide bonds. The number of carbonyl (C=O) groups is 1. The normalized spacial score (nSPS) is 18.4. The summed E-state index contributed by atoms with van der Waals surface area (Å²) in [5.41, 5.74) is 2.02. The van der Waals surface area contributed by atoms with Crippen molar-refractivity contribution < 1.29 is 4.79 Å². The second-order valence-corrected chi connectivity index (χ2v) is 6.31. The van der Waals surface area contributed by atoms with Gasteiger partial charge in [-0.05, 0) is 43.2 Å². The van der Waals surface area contributed by atoms with Crippen LogP contribution >= 0.6 is 0 Å². The van der Waals surface area contributed by atoms with Crippen molar-refractivity contribution >= 4 is 17.4 Å². The summed E-state index contributed by atoms with van der Waals surface area (Å²) < 4.78 is 0. The predicted molar refractivity (Wildman–Crippen MR) is 97.2 cm³/mol. The van der Waals surface area contributed by atoms with Gasteiger partial charge in [-0.15, -0.1) is 0 Å². The van der Waals surface area contributed by atoms with Crippen molar-refractivity contribution in [1.82, 2.24) is 10.3 Å². The van der Waals surface area contributed by atoms with Gasteiger partial charge in [0.2, 0.25) is 5.91 Å². The van der Waals surface area contributed by atoms with Gasteiger partial charge in [-0.1, -0.05) is 18.2 Å². The molecule has 2 atom stereocenters. The SMILES string of the molecule is CC(=O)Nc1cccc([C@H](C)N[C@@H]2CCN(c3ccccn3)C2)c1. The van der Waals surface area contributed by atoms with Crippen LogP contribution in [0, 0.1) is 0 Å². The van der Waals surface area contributed by atoms with Crippen molar-refractivity contribution in [2.24, 2.45) is 0 Å². The van der Waals surface area contributed by atoms with E-state index in [1.807, 2.05) is 36.5 Å². The fourth-order valence-electron chi connectivity index (χ4n) is 3.18. The first kappa shape index (κ1) is 16.5. The van der Waals surface area contributed by atoms with Crippen molar-refractivity contribution in [1.29, 1.82) is 0 Å². The maximum Gasteiger partial charge on any atom is 0.221 e. The monoisotopic (exact) mass is 324 g/mol. The van der Waals surface area contributed by atoms with E-state index >= 15 is 0 Å². The molecule has 0 aliphatic carbocycles. The molecule has 0 unspecified atom stereocenters. The minimum Gasteiger partial charge on any atom is -0.355 e. The van der Waals surface area contributed by atoms with E-state index in [1.54, 1.807) is 0 Å². The molecule has 1 aromatic heterocycles. The number of hydrogen-bond donors (Lipinski definition) is 2. The molecule has 5 heteroatoms. The van der Waals surface area contributed by atoms with E-state index in [9.17, 15) is 4.79 Å². The van der Waals surface area contributed by atoms with Gasteiger partial charge in [0.1, 0.15) is 5.82 Å². The first-order valence-corrected chi connectivity index (χ1v) is 8.41. The number of hydrogen-bond acceptors (Lipinski definition) is 4. The van der Waals surface area contributed by atoms with Crippen molar-refractivity contribution in [3.05, 3.63) is 54.2 Å². The van der Waals surface area contributed by atoms with Crippen molar-refractivity contribution in [2.45, 2.75) is 32.4 Å². The van der Waals surface area contributed by atoms with Crippen LogP contribution in [0.4, 0.5) is 11.5 Å². The van der Waals surface area contributed by atoms with Crippen LogP contribution in [-0.4, -0.2) is 30.0 Å². The summed E-state index contributed by atoms with van der Waals surface area (Å²) in [6, 6.07) is 14.7. The fraction of sp³-hybridized carbons (Fsp3) is 0.368. The molecule has 126 valence electrons. The number of nitrogens with zero attached hydrogens (tertiary/aromatic N) is 2. The topological polar surface area (TPSA) is 57.3 Å². The summed E-state index contributed by atoms with van der Waals surface area (Å²) in [5, 5.41) is 6.53. The number of aromatic nitrogens is 1. The van der Waals surface area contributed by atoms with E-state index in [0.29, 0.717) is 6.04 Å². The van der Waals surface area contributed by atoms with E-state index in [2.05, 4.69) is 39.6 Å². The zero-order valence-corrected chi connectivity index (χ0v) is 14.2. The summed E-state index contributed by atoms with van der Waals surface area (Å²) in [4.78, 5) is 18.0. The molecule has 0 radical (unpaired) electrons. The molecule has 1 fully saturated rings. The number of rotatable bonds is 5. The number of pyridine rings is 1. The molecule has 5 nitrogen and oxygen atoms in total. The van der Waals surface area contributed by atoms with Crippen LogP contribution in [0.2, 0.25) is 0 Å². The highest BCUT2D eigenvalue weighted by Crippen LogP contribution is 2.22. The molecule has 1 aromatic carbocycles. The highest BCUT2D eigenvalue weighted by atomic mass is 16.1. The molecule has 3 rings (SSSR count). The Morgan fingerprint density at radius 2 is 2.17 bits per heavy atom. The van der Waals surface area contributed by atoms with E-state index < -0.39 is 0 Å². The van der Waals surface area contributed by atoms with Crippen LogP contribution in [-0.2, 0) is 4.79 Å². The zero-order valence-electron chi connectivity index (χ0n) is 14.2. The molecule has 1 aliphatic heterocycles. The van der Waals surface area contributed by atoms with Gasteiger partial charge >= 0.3 is 0 Å². The van der Waals surface area contributed by atoms with Gasteiger partial charge in [0.05, 0.1) is 0 Å². The average Bonchev–Trinajstić information content (AvgIpc) is 3.04. The first-order chi connectivity index (χ1) is 11.6. The summed E-state index contributed by atoms with van der Waals surface area (Å²) in [5.74, 6) is 0.997. The van der Waals surface area contributed by atoms with Crippen LogP contribution in [0.25, 0.3) is 0 Å². The second kappa shape index (κ2) is 7.45. The molecule has 0 spiro atoms. The Kier molecular flexibility index (Phi) is 5.11. The number of benzene rings is 1. The third kappa shape index (κ3) is 4.11. The highest BCUT2D eigenvalue weighted by molar-refractivity contribution is 5.88. The van der Waals surface area contributed by atoms with Crippen LogP contribution in [0.3, 0.4) is 0 Å². The Morgan fingerprint density at radius 3 is 2.92 bits per heavy atom. The quantitative estimate of drug-likeness (QED) is 0.888. The molecule has 2 N–H and O–H groups in total. The van der Waals surface area contributed by atoms with E-state index in [1.165, 1.54) is 12.5 Å². The van der Waals surface area contributed by atoms with E-state index in [0.717, 1.165) is 31.0 Å². The van der Waals surface area contributed by atoms with Gasteiger partial charge < -0.3 is 15.5 Å². The Hall–Kier alpha value is -2.40. The fourth-order valence-corrected chi connectivity index (χ4v) is 3.18. The largest absolute Gasteiger partial charge is 0.355 e. The molecule has 1 saturated heterocycles. The minimum atomic E-state index is -0.0467. The van der Waals surface area contributed by atoms with Gasteiger partial charge in [0.25, 0.3) is 0 Å². The van der Waals surface area contributed by atoms with Crippen LogP contribution in [0.1, 0.15) is 31.9 Å². The van der Waals surface area contributed by atoms with Crippen LogP contribution in [0.5, 0.6) is 0 Å². The molecule has 2 heterocycles. The lowest BCUT2D eigenvalue weighted by atomic mass is 10.1. The molecular formula is C19H24N4O. The molecular weight excluding hydrogens is 300 g/mol. The lowest BCUT2D eigenvalue weighted by Gasteiger charge is -2.21. The lowest BCUT2D eigenvalue weighted by molar-refractivity contribution is -0.114.